The van der Waals surface area contributed by atoms with E-state index in [0.717, 1.165) is 6.07 Å². The number of aryl methyl sites for hydroxylation is 1. The van der Waals surface area contributed by atoms with Gasteiger partial charge in [-0.15, -0.1) is 0 Å². The maximum Gasteiger partial charge on any atom is 0.338 e. The molecule has 0 aliphatic heterocycles. The highest BCUT2D eigenvalue weighted by Crippen LogP contribution is 2.13. The highest BCUT2D eigenvalue weighted by molar-refractivity contribution is 5.89. The van der Waals surface area contributed by atoms with E-state index in [-0.39, 0.29) is 12.2 Å². The van der Waals surface area contributed by atoms with Gasteiger partial charge in [0.05, 0.1) is 17.2 Å². The number of carbonyl (C=O) groups is 1. The largest absolute Gasteiger partial charge is 0.457 e. The van der Waals surface area contributed by atoms with Gasteiger partial charge in [-0.05, 0) is 30.7 Å². The molecule has 0 spiro atoms. The molecule has 0 aromatic heterocycles. The number of esters is 1. The molecule has 0 heterocycles. The van der Waals surface area contributed by atoms with Crippen LogP contribution < -0.4 is 0 Å². The molecular weight excluding hydrogens is 257 g/mol. The Kier molecular flexibility index (Phi) is 4.11. The van der Waals surface area contributed by atoms with Crippen molar-refractivity contribution >= 4 is 5.97 Å². The molecule has 0 saturated carbocycles. The Balaban J connectivity index is 2.09. The van der Waals surface area contributed by atoms with Crippen molar-refractivity contribution in [3.8, 4) is 6.07 Å². The summed E-state index contributed by atoms with van der Waals surface area (Å²) in [7, 11) is 0. The van der Waals surface area contributed by atoms with Crippen LogP contribution in [0.15, 0.2) is 42.5 Å². The number of nitriles is 1. The first-order chi connectivity index (χ1) is 9.61. The van der Waals surface area contributed by atoms with Crippen molar-refractivity contribution in [2.75, 3.05) is 0 Å². The first-order valence-corrected chi connectivity index (χ1v) is 6.03. The lowest BCUT2D eigenvalue weighted by Crippen LogP contribution is -2.06. The number of benzene rings is 2. The predicted molar refractivity (Wildman–Crippen MR) is 71.4 cm³/mol. The molecule has 2 rings (SSSR count). The lowest BCUT2D eigenvalue weighted by Gasteiger charge is -2.07. The Morgan fingerprint density at radius 1 is 1.30 bits per heavy atom. The second-order valence-corrected chi connectivity index (χ2v) is 4.31. The SMILES string of the molecule is Cc1ccc(C(=O)OCc2ccccc2C#N)cc1F. The first-order valence-electron chi connectivity index (χ1n) is 6.03. The number of carbonyl (C=O) groups excluding carboxylic acids is 1. The highest BCUT2D eigenvalue weighted by Gasteiger charge is 2.10. The third-order valence-electron chi connectivity index (χ3n) is 2.90. The van der Waals surface area contributed by atoms with Crippen molar-refractivity contribution in [1.82, 2.24) is 0 Å². The molecule has 0 amide bonds. The zero-order chi connectivity index (χ0) is 14.5. The Morgan fingerprint density at radius 2 is 2.05 bits per heavy atom. The number of halogens is 1. The second kappa shape index (κ2) is 5.98. The highest BCUT2D eigenvalue weighted by atomic mass is 19.1. The second-order valence-electron chi connectivity index (χ2n) is 4.31. The van der Waals surface area contributed by atoms with E-state index in [1.807, 2.05) is 6.07 Å². The van der Waals surface area contributed by atoms with Crippen LogP contribution in [0, 0.1) is 24.1 Å². The van der Waals surface area contributed by atoms with Crippen LogP contribution in [0.25, 0.3) is 0 Å². The summed E-state index contributed by atoms with van der Waals surface area (Å²) in [5, 5.41) is 8.93. The summed E-state index contributed by atoms with van der Waals surface area (Å²) >= 11 is 0. The molecule has 0 atom stereocenters. The average Bonchev–Trinajstić information content (AvgIpc) is 2.47. The van der Waals surface area contributed by atoms with Gasteiger partial charge in [-0.1, -0.05) is 24.3 Å². The summed E-state index contributed by atoms with van der Waals surface area (Å²) in [5.41, 5.74) is 1.70. The van der Waals surface area contributed by atoms with E-state index in [1.165, 1.54) is 12.1 Å². The Hall–Kier alpha value is -2.67. The van der Waals surface area contributed by atoms with Gasteiger partial charge in [-0.3, -0.25) is 0 Å². The summed E-state index contributed by atoms with van der Waals surface area (Å²) in [6, 6.07) is 13.1. The van der Waals surface area contributed by atoms with Crippen LogP contribution in [0.1, 0.15) is 27.0 Å². The van der Waals surface area contributed by atoms with Crippen molar-refractivity contribution in [3.05, 3.63) is 70.5 Å². The van der Waals surface area contributed by atoms with E-state index < -0.39 is 11.8 Å². The van der Waals surface area contributed by atoms with Crippen molar-refractivity contribution in [2.24, 2.45) is 0 Å². The van der Waals surface area contributed by atoms with Crippen molar-refractivity contribution in [2.45, 2.75) is 13.5 Å². The zero-order valence-electron chi connectivity index (χ0n) is 10.9. The van der Waals surface area contributed by atoms with Crippen LogP contribution in [0.3, 0.4) is 0 Å². The molecule has 0 fully saturated rings. The van der Waals surface area contributed by atoms with E-state index >= 15 is 0 Å². The van der Waals surface area contributed by atoms with Crippen molar-refractivity contribution in [1.29, 1.82) is 5.26 Å². The summed E-state index contributed by atoms with van der Waals surface area (Å²) in [6.45, 7) is 1.60. The summed E-state index contributed by atoms with van der Waals surface area (Å²) in [5.74, 6) is -1.06. The average molecular weight is 269 g/mol. The zero-order valence-corrected chi connectivity index (χ0v) is 10.9. The fraction of sp³-hybridized carbons (Fsp3) is 0.125. The third-order valence-corrected chi connectivity index (χ3v) is 2.90. The minimum absolute atomic E-state index is 0.0158. The normalized spacial score (nSPS) is 9.85. The number of hydrogen-bond donors (Lipinski definition) is 0. The van der Waals surface area contributed by atoms with Gasteiger partial charge in [-0.2, -0.15) is 5.26 Å². The standard InChI is InChI=1S/C16H12FNO2/c1-11-6-7-12(8-15(11)17)16(19)20-10-14-5-3-2-4-13(14)9-18/h2-8H,10H2,1H3. The number of hydrogen-bond acceptors (Lipinski definition) is 3. The van der Waals surface area contributed by atoms with E-state index in [0.29, 0.717) is 16.7 Å². The van der Waals surface area contributed by atoms with Crippen molar-refractivity contribution < 1.29 is 13.9 Å². The molecule has 2 aromatic rings. The van der Waals surface area contributed by atoms with Gasteiger partial charge in [-0.25, -0.2) is 9.18 Å². The van der Waals surface area contributed by atoms with Crippen LogP contribution in [0.5, 0.6) is 0 Å². The number of nitrogens with zero attached hydrogens (tertiary/aromatic N) is 1. The van der Waals surface area contributed by atoms with Crippen molar-refractivity contribution in [3.63, 3.8) is 0 Å². The predicted octanol–water partition coefficient (Wildman–Crippen LogP) is 3.36. The lowest BCUT2D eigenvalue weighted by atomic mass is 10.1. The van der Waals surface area contributed by atoms with Gasteiger partial charge >= 0.3 is 5.97 Å². The van der Waals surface area contributed by atoms with Gasteiger partial charge in [0.15, 0.2) is 0 Å². The third kappa shape index (κ3) is 3.01. The van der Waals surface area contributed by atoms with Crippen LogP contribution in [-0.2, 0) is 11.3 Å². The molecule has 0 aliphatic carbocycles. The topological polar surface area (TPSA) is 50.1 Å². The Morgan fingerprint density at radius 3 is 2.75 bits per heavy atom. The maximum absolute atomic E-state index is 13.4. The molecule has 0 N–H and O–H groups in total. The van der Waals surface area contributed by atoms with Gasteiger partial charge in [0.1, 0.15) is 12.4 Å². The van der Waals surface area contributed by atoms with E-state index in [2.05, 4.69) is 0 Å². The van der Waals surface area contributed by atoms with Gasteiger partial charge < -0.3 is 4.74 Å². The summed E-state index contributed by atoms with van der Waals surface area (Å²) in [4.78, 5) is 11.8. The number of rotatable bonds is 3. The van der Waals surface area contributed by atoms with E-state index in [1.54, 1.807) is 31.2 Å². The van der Waals surface area contributed by atoms with E-state index in [4.69, 9.17) is 10.00 Å². The number of ether oxygens (including phenoxy) is 1. The smallest absolute Gasteiger partial charge is 0.338 e. The molecule has 3 nitrogen and oxygen atoms in total. The van der Waals surface area contributed by atoms with Gasteiger partial charge in [0.2, 0.25) is 0 Å². The van der Waals surface area contributed by atoms with Crippen LogP contribution in [0.2, 0.25) is 0 Å². The molecule has 0 saturated heterocycles. The van der Waals surface area contributed by atoms with E-state index in [9.17, 15) is 9.18 Å². The van der Waals surface area contributed by atoms with Gasteiger partial charge in [0, 0.05) is 5.56 Å². The fourth-order valence-electron chi connectivity index (χ4n) is 1.70. The molecule has 0 aliphatic rings. The van der Waals surface area contributed by atoms with Gasteiger partial charge in [0.25, 0.3) is 0 Å². The maximum atomic E-state index is 13.4. The Bertz CT molecular complexity index is 689. The summed E-state index contributed by atoms with van der Waals surface area (Å²) in [6.07, 6.45) is 0. The van der Waals surface area contributed by atoms with Crippen LogP contribution >= 0.6 is 0 Å². The molecule has 4 heteroatoms. The fourth-order valence-corrected chi connectivity index (χ4v) is 1.70. The quantitative estimate of drug-likeness (QED) is 0.803. The minimum Gasteiger partial charge on any atom is -0.457 e. The van der Waals surface area contributed by atoms with Crippen LogP contribution in [0.4, 0.5) is 4.39 Å². The molecule has 0 bridgehead atoms. The molecule has 0 unspecified atom stereocenters. The Labute approximate surface area is 116 Å². The lowest BCUT2D eigenvalue weighted by molar-refractivity contribution is 0.0472. The molecule has 100 valence electrons. The molecular formula is C16H12FNO2. The molecule has 20 heavy (non-hydrogen) atoms. The molecule has 2 aromatic carbocycles. The monoisotopic (exact) mass is 269 g/mol. The summed E-state index contributed by atoms with van der Waals surface area (Å²) < 4.78 is 18.5. The first kappa shape index (κ1) is 13.8. The van der Waals surface area contributed by atoms with Crippen LogP contribution in [-0.4, -0.2) is 5.97 Å². The minimum atomic E-state index is -0.614. The molecule has 0 radical (unpaired) electrons.